The summed E-state index contributed by atoms with van der Waals surface area (Å²) in [6, 6.07) is 40.6. The van der Waals surface area contributed by atoms with Gasteiger partial charge >= 0.3 is 11.8 Å². The number of carbonyl (C=O) groups excluding carboxylic acids is 1. The number of aromatic nitrogens is 2. The summed E-state index contributed by atoms with van der Waals surface area (Å²) in [5.41, 5.74) is 1.00. The number of nitrogens with one attached hydrogen (secondary N) is 1. The molecular formula is C57H64N5O15P. The smallest absolute Gasteiger partial charge is 0.497 e. The second kappa shape index (κ2) is 27.8. The monoisotopic (exact) mass is 1090 g/mol. The number of nitrogens with zero attached hydrogens (tertiary/aromatic N) is 4. The lowest BCUT2D eigenvalue weighted by Gasteiger charge is -2.39. The summed E-state index contributed by atoms with van der Waals surface area (Å²) in [6.45, 7) is 9.65. The largest absolute Gasteiger partial charge is 0.513 e. The summed E-state index contributed by atoms with van der Waals surface area (Å²) in [5.74, 6) is 1.49. The average Bonchev–Trinajstić information content (AvgIpc) is 3.83. The number of aromatic amines is 1. The van der Waals surface area contributed by atoms with Gasteiger partial charge in [0.15, 0.2) is 12.5 Å². The molecule has 0 aliphatic carbocycles. The van der Waals surface area contributed by atoms with Crippen LogP contribution < -0.4 is 25.5 Å². The maximum Gasteiger partial charge on any atom is 0.513 e. The number of methoxy groups -OCH3 is 2. The molecular weight excluding hydrogens is 1030 g/mol. The van der Waals surface area contributed by atoms with E-state index in [4.69, 9.17) is 46.9 Å². The van der Waals surface area contributed by atoms with Crippen molar-refractivity contribution < 1.29 is 56.7 Å². The Morgan fingerprint density at radius 3 is 1.95 bits per heavy atom. The van der Waals surface area contributed by atoms with Gasteiger partial charge in [0, 0.05) is 42.9 Å². The van der Waals surface area contributed by atoms with E-state index in [0.717, 1.165) is 22.3 Å². The van der Waals surface area contributed by atoms with Crippen molar-refractivity contribution in [3.8, 4) is 23.3 Å². The summed E-state index contributed by atoms with van der Waals surface area (Å²) < 4.78 is 66.1. The van der Waals surface area contributed by atoms with Crippen molar-refractivity contribution in [2.24, 2.45) is 0 Å². The van der Waals surface area contributed by atoms with Crippen LogP contribution in [0.2, 0.25) is 0 Å². The number of nitro benzene ring substituents is 1. The molecule has 0 amide bonds. The molecule has 1 saturated heterocycles. The molecule has 7 rings (SSSR count). The standard InChI is InChI=1S/C57H64N5O15P/c1-38(2)61(39(3)4)78(73-34-11-32-58)77-52-50(37-72-57(43-12-9-8-10-13-43,44-18-26-47(68-6)27-19-44)45-20-28-48(69-7)29-21-45)76-54(60-33-30-51(63)59-55(60)64)53(52)74-40(5)71-36-42-16-24-49(25-17-42)75-56(65)70-35-31-41-14-22-46(23-15-41)62(66)67/h8-10,12-30,33,38-40,50,52-54H,11,31,34-37H2,1-7H3,(H,59,63,64)/t40?,50-,52-,53-,54-,78?/m1/s1. The van der Waals surface area contributed by atoms with Gasteiger partial charge in [-0.25, -0.2) is 14.3 Å². The van der Waals surface area contributed by atoms with Crippen LogP contribution in [0.5, 0.6) is 17.2 Å². The fraction of sp³-hybridized carbons (Fsp3) is 0.368. The van der Waals surface area contributed by atoms with Crippen molar-refractivity contribution >= 4 is 20.4 Å². The second-order valence-corrected chi connectivity index (χ2v) is 19.9. The molecule has 78 heavy (non-hydrogen) atoms. The number of hydrogen-bond donors (Lipinski definition) is 1. The van der Waals surface area contributed by atoms with E-state index in [0.29, 0.717) is 23.5 Å². The zero-order valence-corrected chi connectivity index (χ0v) is 45.3. The third-order valence-electron chi connectivity index (χ3n) is 12.6. The normalized spacial score (nSPS) is 17.1. The molecule has 1 aliphatic heterocycles. The molecule has 412 valence electrons. The van der Waals surface area contributed by atoms with Crippen molar-refractivity contribution in [3.05, 3.63) is 198 Å². The highest BCUT2D eigenvalue weighted by Gasteiger charge is 2.52. The minimum absolute atomic E-state index is 0.00464. The van der Waals surface area contributed by atoms with Crippen LogP contribution in [0, 0.1) is 21.4 Å². The first-order valence-corrected chi connectivity index (χ1v) is 26.4. The number of hydrogen-bond acceptors (Lipinski definition) is 17. The third-order valence-corrected chi connectivity index (χ3v) is 14.8. The van der Waals surface area contributed by atoms with Crippen LogP contribution in [0.4, 0.5) is 10.5 Å². The fourth-order valence-corrected chi connectivity index (χ4v) is 10.7. The lowest BCUT2D eigenvalue weighted by Crippen LogP contribution is -2.44. The zero-order chi connectivity index (χ0) is 55.8. The fourth-order valence-electron chi connectivity index (χ4n) is 8.94. The number of ether oxygens (including phenoxy) is 8. The Balaban J connectivity index is 1.20. The predicted octanol–water partition coefficient (Wildman–Crippen LogP) is 9.74. The number of non-ortho nitro benzene ring substituents is 1. The van der Waals surface area contributed by atoms with Crippen molar-refractivity contribution in [1.82, 2.24) is 14.2 Å². The molecule has 6 atom stereocenters. The van der Waals surface area contributed by atoms with Crippen LogP contribution in [0.1, 0.15) is 75.1 Å². The van der Waals surface area contributed by atoms with E-state index in [1.807, 2.05) is 107 Å². The Kier molecular flexibility index (Phi) is 20.8. The Bertz CT molecular complexity index is 2970. The number of H-pyrrole nitrogens is 1. The highest BCUT2D eigenvalue weighted by Crippen LogP contribution is 2.51. The Hall–Kier alpha value is -7.31. The van der Waals surface area contributed by atoms with Crippen molar-refractivity contribution in [1.29, 1.82) is 5.26 Å². The molecule has 2 unspecified atom stereocenters. The first-order valence-electron chi connectivity index (χ1n) is 25.3. The third kappa shape index (κ3) is 14.8. The molecule has 1 N–H and O–H groups in total. The summed E-state index contributed by atoms with van der Waals surface area (Å²) in [6.07, 6.45) is -4.63. The number of carbonyl (C=O) groups is 1. The summed E-state index contributed by atoms with van der Waals surface area (Å²) >= 11 is 0. The van der Waals surface area contributed by atoms with Gasteiger partial charge in [-0.1, -0.05) is 78.9 Å². The van der Waals surface area contributed by atoms with Gasteiger partial charge in [0.1, 0.15) is 41.2 Å². The number of nitro groups is 1. The van der Waals surface area contributed by atoms with Crippen LogP contribution in [0.3, 0.4) is 0 Å². The molecule has 21 heteroatoms. The molecule has 0 saturated carbocycles. The molecule has 5 aromatic carbocycles. The molecule has 0 bridgehead atoms. The van der Waals surface area contributed by atoms with E-state index >= 15 is 0 Å². The Morgan fingerprint density at radius 2 is 1.38 bits per heavy atom. The summed E-state index contributed by atoms with van der Waals surface area (Å²) in [4.78, 5) is 51.7. The van der Waals surface area contributed by atoms with Crippen molar-refractivity contribution in [2.75, 3.05) is 34.0 Å². The SMILES string of the molecule is COc1ccc(C(OC[C@H]2O[C@@H](n3ccc(=O)[nH]c3=O)[C@H](OC(C)OCc3ccc(OC(=O)OCCc4ccc([N+](=O)[O-])cc4)cc3)[C@@H]2OP(OCCC#N)N(C(C)C)C(C)C)(c2ccccc2)c2ccc(OC)cc2)cc1. The van der Waals surface area contributed by atoms with Gasteiger partial charge in [0.25, 0.3) is 19.8 Å². The van der Waals surface area contributed by atoms with E-state index in [1.54, 1.807) is 57.5 Å². The molecule has 1 aromatic heterocycles. The van der Waals surface area contributed by atoms with Gasteiger partial charge in [0.05, 0.1) is 58.1 Å². The van der Waals surface area contributed by atoms with Crippen LogP contribution in [0.15, 0.2) is 149 Å². The highest BCUT2D eigenvalue weighted by molar-refractivity contribution is 7.44. The zero-order valence-electron chi connectivity index (χ0n) is 44.4. The minimum Gasteiger partial charge on any atom is -0.497 e. The predicted molar refractivity (Wildman–Crippen MR) is 288 cm³/mol. The van der Waals surface area contributed by atoms with Gasteiger partial charge in [-0.3, -0.25) is 24.5 Å². The van der Waals surface area contributed by atoms with Gasteiger partial charge in [-0.15, -0.1) is 0 Å². The molecule has 1 aliphatic rings. The average molecular weight is 1090 g/mol. The minimum atomic E-state index is -1.97. The molecule has 0 radical (unpaired) electrons. The van der Waals surface area contributed by atoms with Crippen LogP contribution in [0.25, 0.3) is 0 Å². The number of nitriles is 1. The van der Waals surface area contributed by atoms with E-state index in [9.17, 15) is 29.8 Å². The van der Waals surface area contributed by atoms with Gasteiger partial charge < -0.3 is 46.9 Å². The molecule has 20 nitrogen and oxygen atoms in total. The van der Waals surface area contributed by atoms with Crippen LogP contribution in [-0.2, 0) is 51.4 Å². The first kappa shape index (κ1) is 58.4. The summed E-state index contributed by atoms with van der Waals surface area (Å²) in [7, 11) is 1.22. The maximum absolute atomic E-state index is 13.8. The van der Waals surface area contributed by atoms with Crippen molar-refractivity contribution in [3.63, 3.8) is 0 Å². The van der Waals surface area contributed by atoms with Gasteiger partial charge in [-0.05, 0) is 98.8 Å². The lowest BCUT2D eigenvalue weighted by molar-refractivity contribution is -0.384. The highest BCUT2D eigenvalue weighted by atomic mass is 31.2. The molecule has 1 fully saturated rings. The maximum atomic E-state index is 13.8. The molecule has 2 heterocycles. The van der Waals surface area contributed by atoms with E-state index in [2.05, 4.69) is 15.7 Å². The van der Waals surface area contributed by atoms with Gasteiger partial charge in [-0.2, -0.15) is 5.26 Å². The van der Waals surface area contributed by atoms with Crippen molar-refractivity contribution in [2.45, 2.75) is 103 Å². The van der Waals surface area contributed by atoms with Crippen LogP contribution in [-0.4, -0.2) is 96.0 Å². The quantitative estimate of drug-likeness (QED) is 0.00738. The number of rotatable bonds is 27. The number of benzene rings is 5. The second-order valence-electron chi connectivity index (χ2n) is 18.5. The topological polar surface area (TPSA) is 234 Å². The Labute approximate surface area is 453 Å². The van der Waals surface area contributed by atoms with Crippen LogP contribution >= 0.6 is 8.53 Å². The Morgan fingerprint density at radius 1 is 0.795 bits per heavy atom. The lowest BCUT2D eigenvalue weighted by atomic mass is 9.80. The molecule has 6 aromatic rings. The van der Waals surface area contributed by atoms with E-state index in [1.165, 1.54) is 29.0 Å². The summed E-state index contributed by atoms with van der Waals surface area (Å²) in [5, 5.41) is 20.6. The molecule has 0 spiro atoms. The van der Waals surface area contributed by atoms with E-state index < -0.39 is 67.3 Å². The first-order chi connectivity index (χ1) is 37.6. The van der Waals surface area contributed by atoms with E-state index in [-0.39, 0.29) is 56.4 Å². The van der Waals surface area contributed by atoms with Gasteiger partial charge in [0.2, 0.25) is 0 Å².